The lowest BCUT2D eigenvalue weighted by Gasteiger charge is -2.36. The summed E-state index contributed by atoms with van der Waals surface area (Å²) in [6.45, 7) is 8.74. The summed E-state index contributed by atoms with van der Waals surface area (Å²) < 4.78 is 5.24. The number of carbonyl (C=O) groups is 1. The second-order valence-electron chi connectivity index (χ2n) is 6.97. The van der Waals surface area contributed by atoms with Crippen LogP contribution in [0, 0.1) is 0 Å². The number of hydrogen-bond donors (Lipinski definition) is 1. The predicted molar refractivity (Wildman–Crippen MR) is 112 cm³/mol. The van der Waals surface area contributed by atoms with E-state index in [1.54, 1.807) is 12.1 Å². The van der Waals surface area contributed by atoms with Gasteiger partial charge in [-0.2, -0.15) is 0 Å². The summed E-state index contributed by atoms with van der Waals surface area (Å²) in [6, 6.07) is 14.0. The molecule has 1 unspecified atom stereocenters. The van der Waals surface area contributed by atoms with Crippen LogP contribution in [0.25, 0.3) is 0 Å². The molecule has 1 aromatic carbocycles. The lowest BCUT2D eigenvalue weighted by atomic mass is 9.97. The summed E-state index contributed by atoms with van der Waals surface area (Å²) in [5.74, 6) is 1.71. The molecule has 1 aliphatic heterocycles. The SMILES string of the molecule is CCNC(=NCC(CC)c1ccccc1)N1CCN(C(=O)c2ccco2)CC1. The molecule has 1 saturated heterocycles. The molecule has 2 aromatic rings. The van der Waals surface area contributed by atoms with Crippen molar-refractivity contribution in [1.29, 1.82) is 0 Å². The topological polar surface area (TPSA) is 61.1 Å². The Labute approximate surface area is 167 Å². The molecule has 1 fully saturated rings. The number of nitrogens with one attached hydrogen (secondary N) is 1. The number of rotatable bonds is 6. The average molecular weight is 383 g/mol. The molecule has 0 aliphatic carbocycles. The van der Waals surface area contributed by atoms with Gasteiger partial charge in [-0.25, -0.2) is 0 Å². The van der Waals surface area contributed by atoms with Crippen molar-refractivity contribution >= 4 is 11.9 Å². The molecule has 1 N–H and O–H groups in total. The molecule has 0 spiro atoms. The highest BCUT2D eigenvalue weighted by atomic mass is 16.3. The smallest absolute Gasteiger partial charge is 0.289 e. The van der Waals surface area contributed by atoms with Crippen LogP contribution < -0.4 is 5.32 Å². The number of amides is 1. The van der Waals surface area contributed by atoms with Crippen LogP contribution in [0.1, 0.15) is 42.3 Å². The van der Waals surface area contributed by atoms with Crippen molar-refractivity contribution in [3.8, 4) is 0 Å². The maximum Gasteiger partial charge on any atom is 0.289 e. The fraction of sp³-hybridized carbons (Fsp3) is 0.455. The van der Waals surface area contributed by atoms with Crippen LogP contribution in [0.3, 0.4) is 0 Å². The molecular formula is C22H30N4O2. The van der Waals surface area contributed by atoms with E-state index in [9.17, 15) is 4.79 Å². The van der Waals surface area contributed by atoms with Gasteiger partial charge in [0.05, 0.1) is 6.26 Å². The molecule has 150 valence electrons. The molecule has 1 amide bonds. The second kappa shape index (κ2) is 9.97. The zero-order chi connectivity index (χ0) is 19.8. The van der Waals surface area contributed by atoms with Crippen molar-refractivity contribution in [3.05, 3.63) is 60.1 Å². The minimum absolute atomic E-state index is 0.0401. The van der Waals surface area contributed by atoms with E-state index in [1.165, 1.54) is 11.8 Å². The van der Waals surface area contributed by atoms with Crippen LogP contribution in [0.5, 0.6) is 0 Å². The predicted octanol–water partition coefficient (Wildman–Crippen LogP) is 3.20. The van der Waals surface area contributed by atoms with E-state index in [-0.39, 0.29) is 5.91 Å². The van der Waals surface area contributed by atoms with Gasteiger partial charge in [0.1, 0.15) is 0 Å². The van der Waals surface area contributed by atoms with E-state index in [2.05, 4.69) is 48.3 Å². The number of guanidine groups is 1. The van der Waals surface area contributed by atoms with Crippen LogP contribution >= 0.6 is 0 Å². The third-order valence-corrected chi connectivity index (χ3v) is 5.16. The minimum atomic E-state index is -0.0401. The first-order valence-electron chi connectivity index (χ1n) is 10.1. The Morgan fingerprint density at radius 3 is 2.39 bits per heavy atom. The second-order valence-corrected chi connectivity index (χ2v) is 6.97. The van der Waals surface area contributed by atoms with Gasteiger partial charge in [-0.1, -0.05) is 37.3 Å². The summed E-state index contributed by atoms with van der Waals surface area (Å²) in [5, 5.41) is 3.41. The number of aliphatic imine (C=N–C) groups is 1. The molecule has 28 heavy (non-hydrogen) atoms. The largest absolute Gasteiger partial charge is 0.459 e. The van der Waals surface area contributed by atoms with E-state index in [0.29, 0.717) is 24.8 Å². The fourth-order valence-corrected chi connectivity index (χ4v) is 3.50. The molecule has 1 aliphatic rings. The molecule has 1 aromatic heterocycles. The average Bonchev–Trinajstić information content (AvgIpc) is 3.29. The summed E-state index contributed by atoms with van der Waals surface area (Å²) in [5.41, 5.74) is 1.33. The minimum Gasteiger partial charge on any atom is -0.459 e. The fourth-order valence-electron chi connectivity index (χ4n) is 3.50. The third kappa shape index (κ3) is 4.94. The Morgan fingerprint density at radius 1 is 1.07 bits per heavy atom. The summed E-state index contributed by atoms with van der Waals surface area (Å²) in [4.78, 5) is 21.4. The number of piperazine rings is 1. The van der Waals surface area contributed by atoms with Crippen LogP contribution in [-0.4, -0.2) is 60.9 Å². The van der Waals surface area contributed by atoms with Crippen molar-refractivity contribution in [2.45, 2.75) is 26.2 Å². The number of furan rings is 1. The van der Waals surface area contributed by atoms with E-state index in [4.69, 9.17) is 9.41 Å². The first kappa shape index (κ1) is 20.0. The maximum absolute atomic E-state index is 12.4. The number of carbonyl (C=O) groups excluding carboxylic acids is 1. The Kier molecular flexibility index (Phi) is 7.12. The zero-order valence-electron chi connectivity index (χ0n) is 16.8. The molecule has 1 atom stereocenters. The zero-order valence-corrected chi connectivity index (χ0v) is 16.8. The van der Waals surface area contributed by atoms with Crippen molar-refractivity contribution in [3.63, 3.8) is 0 Å². The van der Waals surface area contributed by atoms with Crippen LogP contribution in [0.2, 0.25) is 0 Å². The van der Waals surface area contributed by atoms with Crippen LogP contribution in [0.4, 0.5) is 0 Å². The molecular weight excluding hydrogens is 352 g/mol. The Balaban J connectivity index is 1.61. The Bertz CT molecular complexity index is 750. The first-order chi connectivity index (χ1) is 13.7. The highest BCUT2D eigenvalue weighted by Crippen LogP contribution is 2.19. The van der Waals surface area contributed by atoms with E-state index >= 15 is 0 Å². The van der Waals surface area contributed by atoms with Gasteiger partial charge in [-0.05, 0) is 31.0 Å². The highest BCUT2D eigenvalue weighted by molar-refractivity contribution is 5.91. The summed E-state index contributed by atoms with van der Waals surface area (Å²) in [6.07, 6.45) is 2.59. The number of nitrogens with zero attached hydrogens (tertiary/aromatic N) is 3. The monoisotopic (exact) mass is 382 g/mol. The van der Waals surface area contributed by atoms with Gasteiger partial charge >= 0.3 is 0 Å². The van der Waals surface area contributed by atoms with Crippen LogP contribution in [-0.2, 0) is 0 Å². The molecule has 6 heteroatoms. The molecule has 2 heterocycles. The third-order valence-electron chi connectivity index (χ3n) is 5.16. The van der Waals surface area contributed by atoms with Gasteiger partial charge in [0.15, 0.2) is 11.7 Å². The molecule has 0 bridgehead atoms. The van der Waals surface area contributed by atoms with Gasteiger partial charge in [-0.3, -0.25) is 9.79 Å². The van der Waals surface area contributed by atoms with E-state index in [0.717, 1.165) is 38.6 Å². The molecule has 0 saturated carbocycles. The van der Waals surface area contributed by atoms with Crippen molar-refractivity contribution in [1.82, 2.24) is 15.1 Å². The van der Waals surface area contributed by atoms with Gasteiger partial charge < -0.3 is 19.5 Å². The van der Waals surface area contributed by atoms with Gasteiger partial charge in [0.25, 0.3) is 5.91 Å². The number of benzene rings is 1. The van der Waals surface area contributed by atoms with Gasteiger partial charge in [0, 0.05) is 45.2 Å². The Morgan fingerprint density at radius 2 is 1.79 bits per heavy atom. The summed E-state index contributed by atoms with van der Waals surface area (Å²) >= 11 is 0. The van der Waals surface area contributed by atoms with Gasteiger partial charge in [0.2, 0.25) is 0 Å². The maximum atomic E-state index is 12.4. The standard InChI is InChI=1S/C22H30N4O2/c1-3-18(19-9-6-5-7-10-19)17-24-22(23-4-2)26-14-12-25(13-15-26)21(27)20-11-8-16-28-20/h5-11,16,18H,3-4,12-15,17H2,1-2H3,(H,23,24). The first-order valence-corrected chi connectivity index (χ1v) is 10.1. The number of hydrogen-bond acceptors (Lipinski definition) is 3. The molecule has 6 nitrogen and oxygen atoms in total. The van der Waals surface area contributed by atoms with E-state index < -0.39 is 0 Å². The molecule has 3 rings (SSSR count). The quantitative estimate of drug-likeness (QED) is 0.616. The normalized spacial score (nSPS) is 16.1. The van der Waals surface area contributed by atoms with Crippen molar-refractivity contribution in [2.24, 2.45) is 4.99 Å². The lowest BCUT2D eigenvalue weighted by Crippen LogP contribution is -2.53. The van der Waals surface area contributed by atoms with E-state index in [1.807, 2.05) is 11.0 Å². The molecule has 0 radical (unpaired) electrons. The van der Waals surface area contributed by atoms with Gasteiger partial charge in [-0.15, -0.1) is 0 Å². The van der Waals surface area contributed by atoms with Crippen LogP contribution in [0.15, 0.2) is 58.1 Å². The lowest BCUT2D eigenvalue weighted by molar-refractivity contribution is 0.0657. The van der Waals surface area contributed by atoms with Crippen molar-refractivity contribution in [2.75, 3.05) is 39.3 Å². The highest BCUT2D eigenvalue weighted by Gasteiger charge is 2.25. The Hall–Kier alpha value is -2.76. The summed E-state index contributed by atoms with van der Waals surface area (Å²) in [7, 11) is 0. The van der Waals surface area contributed by atoms with Crippen molar-refractivity contribution < 1.29 is 9.21 Å².